The third-order valence-electron chi connectivity index (χ3n) is 1.82. The zero-order valence-electron chi connectivity index (χ0n) is 8.69. The number of nitrogens with two attached hydrogens (primary N) is 1. The lowest BCUT2D eigenvalue weighted by Gasteiger charge is -2.08. The largest absolute Gasteiger partial charge is 0.476 e. The Morgan fingerprint density at radius 3 is 3.00 bits per heavy atom. The fourth-order valence-corrected chi connectivity index (χ4v) is 1.17. The highest BCUT2D eigenvalue weighted by atomic mass is 16.5. The minimum Gasteiger partial charge on any atom is -0.476 e. The number of nitrogens with zero attached hydrogens (tertiary/aromatic N) is 3. The number of nitrogen functional groups attached to an aromatic ring is 1. The Balaban J connectivity index is 2.35. The van der Waals surface area contributed by atoms with E-state index in [0.29, 0.717) is 29.6 Å². The molecule has 0 aliphatic heterocycles. The quantitative estimate of drug-likeness (QED) is 0.782. The van der Waals surface area contributed by atoms with Crippen LogP contribution in [0.5, 0.6) is 5.88 Å². The third kappa shape index (κ3) is 1.98. The van der Waals surface area contributed by atoms with Crippen LogP contribution in [-0.2, 0) is 0 Å². The number of fused-ring (bicyclic) bond motifs is 1. The maximum atomic E-state index is 5.53. The minimum atomic E-state index is 0.174. The van der Waals surface area contributed by atoms with Crippen LogP contribution in [0.2, 0.25) is 0 Å². The van der Waals surface area contributed by atoms with Gasteiger partial charge in [0.05, 0.1) is 12.9 Å². The highest BCUT2D eigenvalue weighted by molar-refractivity contribution is 5.76. The Morgan fingerprint density at radius 1 is 1.47 bits per heavy atom. The molecule has 0 bridgehead atoms. The number of ether oxygens (including phenoxy) is 1. The molecule has 2 heterocycles. The van der Waals surface area contributed by atoms with Gasteiger partial charge < -0.3 is 15.5 Å². The molecule has 0 saturated carbocycles. The maximum Gasteiger partial charge on any atom is 0.245 e. The standard InChI is InChI=1S/C9H13N5O/c1-5(2)3-15-8-6-7(12-4-11-6)13-9(10)14-8/h4-5H,3H2,1-2H3,(H3,10,11,12,13,14). The second-order valence-corrected chi connectivity index (χ2v) is 3.69. The number of nitrogens with one attached hydrogen (secondary N) is 1. The van der Waals surface area contributed by atoms with Crippen molar-refractivity contribution in [3.05, 3.63) is 6.33 Å². The van der Waals surface area contributed by atoms with Crippen LogP contribution < -0.4 is 10.5 Å². The smallest absolute Gasteiger partial charge is 0.245 e. The van der Waals surface area contributed by atoms with Gasteiger partial charge in [0, 0.05) is 0 Å². The van der Waals surface area contributed by atoms with Crippen LogP contribution in [0.15, 0.2) is 6.33 Å². The first kappa shape index (κ1) is 9.70. The molecular weight excluding hydrogens is 194 g/mol. The maximum absolute atomic E-state index is 5.53. The summed E-state index contributed by atoms with van der Waals surface area (Å²) in [4.78, 5) is 14.9. The number of rotatable bonds is 3. The Labute approximate surface area is 86.9 Å². The number of H-pyrrole nitrogens is 1. The average molecular weight is 207 g/mol. The van der Waals surface area contributed by atoms with Crippen molar-refractivity contribution in [2.45, 2.75) is 13.8 Å². The van der Waals surface area contributed by atoms with Gasteiger partial charge in [-0.05, 0) is 5.92 Å². The van der Waals surface area contributed by atoms with Crippen LogP contribution in [0.4, 0.5) is 5.95 Å². The van der Waals surface area contributed by atoms with Crippen molar-refractivity contribution < 1.29 is 4.74 Å². The third-order valence-corrected chi connectivity index (χ3v) is 1.82. The van der Waals surface area contributed by atoms with Crippen LogP contribution >= 0.6 is 0 Å². The number of imidazole rings is 1. The molecular formula is C9H13N5O. The van der Waals surface area contributed by atoms with E-state index < -0.39 is 0 Å². The fourth-order valence-electron chi connectivity index (χ4n) is 1.17. The first-order valence-electron chi connectivity index (χ1n) is 4.76. The van der Waals surface area contributed by atoms with E-state index in [9.17, 15) is 0 Å². The summed E-state index contributed by atoms with van der Waals surface area (Å²) >= 11 is 0. The predicted molar refractivity (Wildman–Crippen MR) is 56.4 cm³/mol. The molecule has 0 radical (unpaired) electrons. The van der Waals surface area contributed by atoms with Gasteiger partial charge in [-0.3, -0.25) is 0 Å². The Kier molecular flexibility index (Phi) is 2.40. The zero-order chi connectivity index (χ0) is 10.8. The summed E-state index contributed by atoms with van der Waals surface area (Å²) < 4.78 is 5.52. The van der Waals surface area contributed by atoms with Crippen molar-refractivity contribution in [1.82, 2.24) is 19.9 Å². The first-order valence-corrected chi connectivity index (χ1v) is 4.76. The van der Waals surface area contributed by atoms with Crippen molar-refractivity contribution in [2.75, 3.05) is 12.3 Å². The van der Waals surface area contributed by atoms with E-state index in [0.717, 1.165) is 0 Å². The molecule has 2 aromatic heterocycles. The van der Waals surface area contributed by atoms with Gasteiger partial charge in [-0.15, -0.1) is 0 Å². The zero-order valence-corrected chi connectivity index (χ0v) is 8.69. The molecule has 0 fully saturated rings. The monoisotopic (exact) mass is 207 g/mol. The first-order chi connectivity index (χ1) is 7.16. The van der Waals surface area contributed by atoms with Crippen molar-refractivity contribution in [3.63, 3.8) is 0 Å². The summed E-state index contributed by atoms with van der Waals surface area (Å²) in [6, 6.07) is 0. The van der Waals surface area contributed by atoms with Crippen LogP contribution in [0.1, 0.15) is 13.8 Å². The highest BCUT2D eigenvalue weighted by Crippen LogP contribution is 2.19. The van der Waals surface area contributed by atoms with Gasteiger partial charge in [-0.2, -0.15) is 9.97 Å². The molecule has 80 valence electrons. The Hall–Kier alpha value is -1.85. The molecule has 0 unspecified atom stereocenters. The lowest BCUT2D eigenvalue weighted by molar-refractivity contribution is 0.264. The molecule has 0 amide bonds. The molecule has 6 nitrogen and oxygen atoms in total. The minimum absolute atomic E-state index is 0.174. The normalized spacial score (nSPS) is 11.1. The number of aromatic nitrogens is 4. The fraction of sp³-hybridized carbons (Fsp3) is 0.444. The molecule has 0 saturated heterocycles. The van der Waals surface area contributed by atoms with Crippen molar-refractivity contribution in [2.24, 2.45) is 5.92 Å². The number of aromatic amines is 1. The Morgan fingerprint density at radius 2 is 2.27 bits per heavy atom. The Bertz CT molecular complexity index is 464. The highest BCUT2D eigenvalue weighted by Gasteiger charge is 2.09. The predicted octanol–water partition coefficient (Wildman–Crippen LogP) is 0.970. The van der Waals surface area contributed by atoms with Crippen LogP contribution in [0.3, 0.4) is 0 Å². The van der Waals surface area contributed by atoms with Crippen LogP contribution in [0, 0.1) is 5.92 Å². The number of hydrogen-bond acceptors (Lipinski definition) is 5. The molecule has 15 heavy (non-hydrogen) atoms. The van der Waals surface area contributed by atoms with Gasteiger partial charge in [-0.1, -0.05) is 13.8 Å². The molecule has 0 aliphatic rings. The van der Waals surface area contributed by atoms with E-state index in [2.05, 4.69) is 33.8 Å². The number of hydrogen-bond donors (Lipinski definition) is 2. The van der Waals surface area contributed by atoms with Gasteiger partial charge in [0.2, 0.25) is 11.8 Å². The average Bonchev–Trinajstić information content (AvgIpc) is 2.61. The molecule has 6 heteroatoms. The summed E-state index contributed by atoms with van der Waals surface area (Å²) in [7, 11) is 0. The van der Waals surface area contributed by atoms with Gasteiger partial charge in [-0.25, -0.2) is 4.98 Å². The van der Waals surface area contributed by atoms with Gasteiger partial charge in [0.25, 0.3) is 0 Å². The van der Waals surface area contributed by atoms with E-state index in [1.165, 1.54) is 0 Å². The summed E-state index contributed by atoms with van der Waals surface area (Å²) in [6.07, 6.45) is 1.54. The number of anilines is 1. The van der Waals surface area contributed by atoms with Gasteiger partial charge in [0.1, 0.15) is 5.52 Å². The van der Waals surface area contributed by atoms with Crippen molar-refractivity contribution in [1.29, 1.82) is 0 Å². The SMILES string of the molecule is CC(C)COc1nc(N)nc2nc[nH]c12. The molecule has 0 aliphatic carbocycles. The van der Waals surface area contributed by atoms with Crippen LogP contribution in [0.25, 0.3) is 11.2 Å². The van der Waals surface area contributed by atoms with Crippen LogP contribution in [-0.4, -0.2) is 26.5 Å². The molecule has 3 N–H and O–H groups in total. The van der Waals surface area contributed by atoms with Gasteiger partial charge >= 0.3 is 0 Å². The molecule has 2 aromatic rings. The topological polar surface area (TPSA) is 89.7 Å². The second-order valence-electron chi connectivity index (χ2n) is 3.69. The summed E-state index contributed by atoms with van der Waals surface area (Å²) in [5, 5.41) is 0. The lowest BCUT2D eigenvalue weighted by atomic mass is 10.2. The van der Waals surface area contributed by atoms with Crippen molar-refractivity contribution in [3.8, 4) is 5.88 Å². The summed E-state index contributed by atoms with van der Waals surface area (Å²) in [6.45, 7) is 4.72. The van der Waals surface area contributed by atoms with E-state index in [-0.39, 0.29) is 5.95 Å². The van der Waals surface area contributed by atoms with E-state index in [1.807, 2.05) is 0 Å². The van der Waals surface area contributed by atoms with E-state index in [1.54, 1.807) is 6.33 Å². The molecule has 0 spiro atoms. The molecule has 2 rings (SSSR count). The summed E-state index contributed by atoms with van der Waals surface area (Å²) in [5.41, 5.74) is 6.75. The van der Waals surface area contributed by atoms with Gasteiger partial charge in [0.15, 0.2) is 5.65 Å². The van der Waals surface area contributed by atoms with E-state index in [4.69, 9.17) is 10.5 Å². The molecule has 0 atom stereocenters. The second kappa shape index (κ2) is 3.72. The summed E-state index contributed by atoms with van der Waals surface area (Å²) in [5.74, 6) is 1.07. The molecule has 0 aromatic carbocycles. The van der Waals surface area contributed by atoms with Crippen molar-refractivity contribution >= 4 is 17.1 Å². The van der Waals surface area contributed by atoms with E-state index >= 15 is 0 Å². The lowest BCUT2D eigenvalue weighted by Crippen LogP contribution is -2.07.